The molecule has 4 atom stereocenters. The maximum atomic E-state index is 13.0. The first-order valence-electron chi connectivity index (χ1n) is 9.46. The van der Waals surface area contributed by atoms with E-state index < -0.39 is 29.2 Å². The molecule has 3 saturated heterocycles. The molecule has 1 unspecified atom stereocenters. The minimum absolute atomic E-state index is 0.500. The summed E-state index contributed by atoms with van der Waals surface area (Å²) in [5, 5.41) is 11.0. The Morgan fingerprint density at radius 1 is 0.962 bits per heavy atom. The highest BCUT2D eigenvalue weighted by Gasteiger charge is 2.69. The molecular weight excluding hydrogens is 336 g/mol. The molecule has 0 bridgehead atoms. The number of benzene rings is 1. The van der Waals surface area contributed by atoms with Crippen molar-refractivity contribution < 1.29 is 28.8 Å². The van der Waals surface area contributed by atoms with Gasteiger partial charge in [-0.1, -0.05) is 30.3 Å². The normalized spacial score (nSPS) is 38.9. The van der Waals surface area contributed by atoms with E-state index in [4.69, 9.17) is 18.9 Å². The Hall–Kier alpha value is -1.47. The van der Waals surface area contributed by atoms with Crippen LogP contribution in [-0.2, 0) is 23.7 Å². The van der Waals surface area contributed by atoms with Gasteiger partial charge in [0.05, 0.1) is 13.2 Å². The largest absolute Gasteiger partial charge is 0.425 e. The third kappa shape index (κ3) is 2.67. The van der Waals surface area contributed by atoms with Crippen LogP contribution in [0.2, 0.25) is 0 Å². The molecule has 0 aromatic heterocycles. The first-order valence-corrected chi connectivity index (χ1v) is 9.46. The fourth-order valence-electron chi connectivity index (χ4n) is 4.21. The van der Waals surface area contributed by atoms with Crippen LogP contribution in [0.1, 0.15) is 57.1 Å². The molecule has 0 radical (unpaired) electrons. The standard InChI is InChI=1S/C20H26O6/c1-18(16(21)15-9-3-2-4-10-15)17(22)25-19(11-5-7-13-23-19)20(26-18)12-6-8-14-24-20/h2-4,9-10,16,21H,5-8,11-14H2,1H3/t16?,18-,19+,20+/m0/s1. The molecule has 3 aliphatic heterocycles. The second-order valence-corrected chi connectivity index (χ2v) is 7.53. The maximum Gasteiger partial charge on any atom is 0.344 e. The molecule has 26 heavy (non-hydrogen) atoms. The van der Waals surface area contributed by atoms with Gasteiger partial charge in [0.2, 0.25) is 5.79 Å². The third-order valence-corrected chi connectivity index (χ3v) is 5.73. The van der Waals surface area contributed by atoms with Crippen LogP contribution in [0.5, 0.6) is 0 Å². The van der Waals surface area contributed by atoms with Gasteiger partial charge in [-0.3, -0.25) is 0 Å². The zero-order valence-corrected chi connectivity index (χ0v) is 15.1. The molecule has 6 heteroatoms. The summed E-state index contributed by atoms with van der Waals surface area (Å²) in [6.45, 7) is 2.59. The summed E-state index contributed by atoms with van der Waals surface area (Å²) in [4.78, 5) is 13.0. The molecule has 0 aliphatic carbocycles. The van der Waals surface area contributed by atoms with Crippen molar-refractivity contribution in [1.82, 2.24) is 0 Å². The summed E-state index contributed by atoms with van der Waals surface area (Å²) in [6.07, 6.45) is 3.54. The third-order valence-electron chi connectivity index (χ3n) is 5.73. The summed E-state index contributed by atoms with van der Waals surface area (Å²) in [6, 6.07) is 9.02. The average Bonchev–Trinajstić information content (AvgIpc) is 2.68. The molecule has 142 valence electrons. The maximum absolute atomic E-state index is 13.0. The van der Waals surface area contributed by atoms with Crippen molar-refractivity contribution in [3.8, 4) is 0 Å². The molecule has 2 spiro atoms. The Morgan fingerprint density at radius 3 is 2.15 bits per heavy atom. The first-order chi connectivity index (χ1) is 12.5. The van der Waals surface area contributed by atoms with Crippen molar-refractivity contribution in [1.29, 1.82) is 0 Å². The van der Waals surface area contributed by atoms with E-state index in [1.54, 1.807) is 19.1 Å². The molecule has 6 nitrogen and oxygen atoms in total. The van der Waals surface area contributed by atoms with Crippen LogP contribution < -0.4 is 0 Å². The van der Waals surface area contributed by atoms with Gasteiger partial charge >= 0.3 is 5.97 Å². The van der Waals surface area contributed by atoms with E-state index in [2.05, 4.69) is 0 Å². The van der Waals surface area contributed by atoms with Crippen molar-refractivity contribution in [2.24, 2.45) is 0 Å². The molecule has 3 heterocycles. The smallest absolute Gasteiger partial charge is 0.344 e. The number of fused-ring (bicyclic) bond motifs is 1. The minimum Gasteiger partial charge on any atom is -0.425 e. The predicted molar refractivity (Wildman–Crippen MR) is 92.1 cm³/mol. The van der Waals surface area contributed by atoms with Crippen molar-refractivity contribution in [2.45, 2.75) is 68.7 Å². The minimum atomic E-state index is -1.56. The van der Waals surface area contributed by atoms with Crippen LogP contribution in [0.4, 0.5) is 0 Å². The van der Waals surface area contributed by atoms with Gasteiger partial charge < -0.3 is 24.1 Å². The summed E-state index contributed by atoms with van der Waals surface area (Å²) < 4.78 is 24.3. The van der Waals surface area contributed by atoms with Gasteiger partial charge in [-0.15, -0.1) is 0 Å². The summed E-state index contributed by atoms with van der Waals surface area (Å²) in [5.74, 6) is -3.02. The SMILES string of the molecule is C[C@@]1(C(O)c2ccccc2)O[C@]2(CCCCO2)[C@@]2(CCCCO2)OC1=O. The van der Waals surface area contributed by atoms with Crippen LogP contribution in [0.15, 0.2) is 30.3 Å². The van der Waals surface area contributed by atoms with Crippen LogP contribution in [0.25, 0.3) is 0 Å². The van der Waals surface area contributed by atoms with Gasteiger partial charge in [-0.05, 0) is 38.2 Å². The highest BCUT2D eigenvalue weighted by molar-refractivity contribution is 5.81. The summed E-state index contributed by atoms with van der Waals surface area (Å²) >= 11 is 0. The fourth-order valence-corrected chi connectivity index (χ4v) is 4.21. The van der Waals surface area contributed by atoms with Gasteiger partial charge in [0.15, 0.2) is 5.60 Å². The fraction of sp³-hybridized carbons (Fsp3) is 0.650. The number of aliphatic hydroxyl groups excluding tert-OH is 1. The van der Waals surface area contributed by atoms with Gasteiger partial charge in [0, 0.05) is 12.8 Å². The zero-order chi connectivity index (χ0) is 18.3. The Morgan fingerprint density at radius 2 is 1.58 bits per heavy atom. The summed E-state index contributed by atoms with van der Waals surface area (Å²) in [7, 11) is 0. The lowest BCUT2D eigenvalue weighted by Crippen LogP contribution is -2.72. The second-order valence-electron chi connectivity index (χ2n) is 7.53. The number of aliphatic hydroxyl groups is 1. The molecule has 1 N–H and O–H groups in total. The average molecular weight is 362 g/mol. The number of ether oxygens (including phenoxy) is 4. The van der Waals surface area contributed by atoms with Gasteiger partial charge in [0.25, 0.3) is 5.79 Å². The molecule has 0 saturated carbocycles. The van der Waals surface area contributed by atoms with Gasteiger partial charge in [-0.2, -0.15) is 0 Å². The van der Waals surface area contributed by atoms with Crippen LogP contribution in [0.3, 0.4) is 0 Å². The number of carbonyl (C=O) groups excluding carboxylic acids is 1. The molecule has 4 rings (SSSR count). The second kappa shape index (κ2) is 6.60. The highest BCUT2D eigenvalue weighted by atomic mass is 16.8. The topological polar surface area (TPSA) is 74.2 Å². The Bertz CT molecular complexity index is 648. The number of hydrogen-bond donors (Lipinski definition) is 1. The lowest BCUT2D eigenvalue weighted by molar-refractivity contribution is -0.461. The van der Waals surface area contributed by atoms with Crippen LogP contribution in [0, 0.1) is 0 Å². The lowest BCUT2D eigenvalue weighted by atomic mass is 9.84. The van der Waals surface area contributed by atoms with E-state index in [0.717, 1.165) is 25.7 Å². The highest BCUT2D eigenvalue weighted by Crippen LogP contribution is 2.52. The predicted octanol–water partition coefficient (Wildman–Crippen LogP) is 2.85. The number of carbonyl (C=O) groups is 1. The Labute approximate surface area is 153 Å². The molecule has 1 aromatic rings. The van der Waals surface area contributed by atoms with Gasteiger partial charge in [0.1, 0.15) is 6.10 Å². The first kappa shape index (κ1) is 17.9. The molecule has 3 aliphatic rings. The number of rotatable bonds is 2. The van der Waals surface area contributed by atoms with Crippen molar-refractivity contribution in [3.05, 3.63) is 35.9 Å². The number of esters is 1. The summed E-state index contributed by atoms with van der Waals surface area (Å²) in [5.41, 5.74) is -0.969. The van der Waals surface area contributed by atoms with E-state index in [9.17, 15) is 9.90 Å². The van der Waals surface area contributed by atoms with Crippen molar-refractivity contribution in [2.75, 3.05) is 13.2 Å². The van der Waals surface area contributed by atoms with Crippen molar-refractivity contribution in [3.63, 3.8) is 0 Å². The monoisotopic (exact) mass is 362 g/mol. The van der Waals surface area contributed by atoms with Crippen molar-refractivity contribution >= 4 is 5.97 Å². The molecular formula is C20H26O6. The Balaban J connectivity index is 1.71. The molecule has 0 amide bonds. The lowest BCUT2D eigenvalue weighted by Gasteiger charge is -2.57. The Kier molecular flexibility index (Phi) is 4.55. The van der Waals surface area contributed by atoms with E-state index in [0.29, 0.717) is 31.6 Å². The van der Waals surface area contributed by atoms with Crippen LogP contribution >= 0.6 is 0 Å². The van der Waals surface area contributed by atoms with Gasteiger partial charge in [-0.25, -0.2) is 4.79 Å². The van der Waals surface area contributed by atoms with E-state index >= 15 is 0 Å². The van der Waals surface area contributed by atoms with E-state index in [-0.39, 0.29) is 0 Å². The molecule has 1 aromatic carbocycles. The zero-order valence-electron chi connectivity index (χ0n) is 15.1. The van der Waals surface area contributed by atoms with E-state index in [1.165, 1.54) is 0 Å². The van der Waals surface area contributed by atoms with E-state index in [1.807, 2.05) is 18.2 Å². The molecule has 3 fully saturated rings. The van der Waals surface area contributed by atoms with Crippen LogP contribution in [-0.4, -0.2) is 41.5 Å². The number of hydrogen-bond acceptors (Lipinski definition) is 6. The quantitative estimate of drug-likeness (QED) is 0.816.